The molecule has 1 aliphatic heterocycles. The number of hydrogen-bond acceptors (Lipinski definition) is 4. The molecule has 1 fully saturated rings. The first-order valence-electron chi connectivity index (χ1n) is 9.61. The number of rotatable bonds is 4. The van der Waals surface area contributed by atoms with Crippen LogP contribution >= 0.6 is 11.6 Å². The summed E-state index contributed by atoms with van der Waals surface area (Å²) in [6, 6.07) is 12.6. The van der Waals surface area contributed by atoms with Crippen molar-refractivity contribution in [3.05, 3.63) is 70.6 Å². The zero-order valence-corrected chi connectivity index (χ0v) is 17.2. The molecule has 8 heteroatoms. The molecule has 0 aliphatic carbocycles. The van der Waals surface area contributed by atoms with Gasteiger partial charge in [0, 0.05) is 42.1 Å². The molecule has 6 nitrogen and oxygen atoms in total. The van der Waals surface area contributed by atoms with Crippen molar-refractivity contribution in [2.45, 2.75) is 6.04 Å². The Morgan fingerprint density at radius 1 is 1.07 bits per heavy atom. The van der Waals surface area contributed by atoms with Crippen LogP contribution in [0.2, 0.25) is 5.02 Å². The number of carbonyl (C=O) groups excluding carboxylic acids is 2. The van der Waals surface area contributed by atoms with Crippen molar-refractivity contribution in [3.63, 3.8) is 0 Å². The van der Waals surface area contributed by atoms with Gasteiger partial charge in [0.05, 0.1) is 7.11 Å². The number of fused-ring (bicyclic) bond motifs is 1. The highest BCUT2D eigenvalue weighted by Gasteiger charge is 2.32. The van der Waals surface area contributed by atoms with Crippen LogP contribution in [0, 0.1) is 5.82 Å². The standard InChI is InChI=1S/C22H21ClFN3O3/c1-30-22(29)20(14-2-4-16(23)5-3-14)26-8-10-27(11-9-26)21(28)19-13-15-12-17(24)6-7-18(15)25-19/h2-7,12-13,20,25H,8-11H2,1H3/t20-/m0/s1. The number of amides is 1. The number of aromatic amines is 1. The molecule has 1 atom stereocenters. The largest absolute Gasteiger partial charge is 0.468 e. The number of nitrogens with zero attached hydrogens (tertiary/aromatic N) is 2. The molecule has 3 aromatic rings. The summed E-state index contributed by atoms with van der Waals surface area (Å²) in [4.78, 5) is 32.1. The molecule has 0 saturated carbocycles. The average molecular weight is 430 g/mol. The number of aromatic nitrogens is 1. The van der Waals surface area contributed by atoms with Crippen molar-refractivity contribution < 1.29 is 18.7 Å². The van der Waals surface area contributed by atoms with Gasteiger partial charge in [-0.3, -0.25) is 9.69 Å². The minimum absolute atomic E-state index is 0.146. The molecule has 1 aromatic heterocycles. The van der Waals surface area contributed by atoms with Gasteiger partial charge in [-0.15, -0.1) is 0 Å². The predicted molar refractivity (Wildman–Crippen MR) is 112 cm³/mol. The van der Waals surface area contributed by atoms with Gasteiger partial charge in [0.25, 0.3) is 5.91 Å². The Bertz CT molecular complexity index is 1070. The van der Waals surface area contributed by atoms with Gasteiger partial charge in [-0.05, 0) is 42.0 Å². The fourth-order valence-corrected chi connectivity index (χ4v) is 3.95. The average Bonchev–Trinajstić information content (AvgIpc) is 3.18. The van der Waals surface area contributed by atoms with E-state index in [-0.39, 0.29) is 17.7 Å². The lowest BCUT2D eigenvalue weighted by molar-refractivity contribution is -0.148. The van der Waals surface area contributed by atoms with Crippen LogP contribution in [0.3, 0.4) is 0 Å². The third-order valence-corrected chi connectivity index (χ3v) is 5.64. The molecule has 4 rings (SSSR count). The van der Waals surface area contributed by atoms with Gasteiger partial charge in [-0.2, -0.15) is 0 Å². The first-order valence-corrected chi connectivity index (χ1v) is 9.99. The second kappa shape index (κ2) is 8.45. The van der Waals surface area contributed by atoms with E-state index in [0.717, 1.165) is 5.56 Å². The maximum Gasteiger partial charge on any atom is 0.327 e. The van der Waals surface area contributed by atoms with Crippen LogP contribution in [-0.4, -0.2) is 59.9 Å². The van der Waals surface area contributed by atoms with Gasteiger partial charge in [0.15, 0.2) is 0 Å². The van der Waals surface area contributed by atoms with Crippen LogP contribution in [0.4, 0.5) is 4.39 Å². The van der Waals surface area contributed by atoms with Crippen LogP contribution in [0.25, 0.3) is 10.9 Å². The molecule has 1 amide bonds. The van der Waals surface area contributed by atoms with Crippen LogP contribution in [0.15, 0.2) is 48.5 Å². The van der Waals surface area contributed by atoms with E-state index >= 15 is 0 Å². The quantitative estimate of drug-likeness (QED) is 0.643. The topological polar surface area (TPSA) is 65.6 Å². The molecule has 0 unspecified atom stereocenters. The first-order chi connectivity index (χ1) is 14.5. The summed E-state index contributed by atoms with van der Waals surface area (Å²) >= 11 is 5.97. The van der Waals surface area contributed by atoms with Crippen LogP contribution < -0.4 is 0 Å². The van der Waals surface area contributed by atoms with E-state index in [1.54, 1.807) is 29.2 Å². The number of H-pyrrole nitrogens is 1. The van der Waals surface area contributed by atoms with Crippen molar-refractivity contribution in [2.24, 2.45) is 0 Å². The van der Waals surface area contributed by atoms with Crippen molar-refractivity contribution in [2.75, 3.05) is 33.3 Å². The van der Waals surface area contributed by atoms with E-state index in [2.05, 4.69) is 4.98 Å². The van der Waals surface area contributed by atoms with Gasteiger partial charge in [-0.1, -0.05) is 23.7 Å². The van der Waals surface area contributed by atoms with Crippen molar-refractivity contribution >= 4 is 34.4 Å². The Kier molecular flexibility index (Phi) is 5.74. The van der Waals surface area contributed by atoms with Crippen molar-refractivity contribution in [1.82, 2.24) is 14.8 Å². The highest BCUT2D eigenvalue weighted by molar-refractivity contribution is 6.30. The number of halogens is 2. The van der Waals surface area contributed by atoms with E-state index < -0.39 is 6.04 Å². The van der Waals surface area contributed by atoms with E-state index in [1.165, 1.54) is 19.2 Å². The highest BCUT2D eigenvalue weighted by Crippen LogP contribution is 2.26. The fraction of sp³-hybridized carbons (Fsp3) is 0.273. The minimum Gasteiger partial charge on any atom is -0.468 e. The number of ether oxygens (including phenoxy) is 1. The number of nitrogens with one attached hydrogen (secondary N) is 1. The maximum absolute atomic E-state index is 13.4. The summed E-state index contributed by atoms with van der Waals surface area (Å²) in [5, 5.41) is 1.25. The molecule has 2 heterocycles. The second-order valence-corrected chi connectivity index (χ2v) is 7.66. The third kappa shape index (κ3) is 4.04. The lowest BCUT2D eigenvalue weighted by atomic mass is 10.0. The SMILES string of the molecule is COC(=O)[C@H](c1ccc(Cl)cc1)N1CCN(C(=O)c2cc3cc(F)ccc3[nH]2)CC1. The Labute approximate surface area is 178 Å². The van der Waals surface area contributed by atoms with Crippen molar-refractivity contribution in [1.29, 1.82) is 0 Å². The summed E-state index contributed by atoms with van der Waals surface area (Å²) in [7, 11) is 1.36. The summed E-state index contributed by atoms with van der Waals surface area (Å²) in [5.41, 5.74) is 1.93. The Hall–Kier alpha value is -2.90. The fourth-order valence-electron chi connectivity index (χ4n) is 3.82. The number of carbonyl (C=O) groups is 2. The van der Waals surface area contributed by atoms with E-state index in [1.807, 2.05) is 17.0 Å². The van der Waals surface area contributed by atoms with E-state index in [9.17, 15) is 14.0 Å². The number of esters is 1. The Balaban J connectivity index is 1.47. The van der Waals surface area contributed by atoms with Gasteiger partial charge in [0.2, 0.25) is 0 Å². The third-order valence-electron chi connectivity index (χ3n) is 5.39. The molecule has 1 aliphatic rings. The molecule has 0 bridgehead atoms. The number of methoxy groups -OCH3 is 1. The lowest BCUT2D eigenvalue weighted by Crippen LogP contribution is -2.51. The summed E-state index contributed by atoms with van der Waals surface area (Å²) < 4.78 is 18.4. The van der Waals surface area contributed by atoms with Gasteiger partial charge < -0.3 is 14.6 Å². The molecule has 1 N–H and O–H groups in total. The van der Waals surface area contributed by atoms with Crippen LogP contribution in [-0.2, 0) is 9.53 Å². The molecular formula is C22H21ClFN3O3. The van der Waals surface area contributed by atoms with Crippen LogP contribution in [0.1, 0.15) is 22.1 Å². The summed E-state index contributed by atoms with van der Waals surface area (Å²) in [5.74, 6) is -0.840. The molecule has 0 spiro atoms. The summed E-state index contributed by atoms with van der Waals surface area (Å²) in [6.45, 7) is 1.96. The molecule has 2 aromatic carbocycles. The zero-order valence-electron chi connectivity index (χ0n) is 16.4. The molecule has 0 radical (unpaired) electrons. The van der Waals surface area contributed by atoms with Gasteiger partial charge >= 0.3 is 5.97 Å². The van der Waals surface area contributed by atoms with Gasteiger partial charge in [-0.25, -0.2) is 9.18 Å². The van der Waals surface area contributed by atoms with Crippen LogP contribution in [0.5, 0.6) is 0 Å². The van der Waals surface area contributed by atoms with Gasteiger partial charge in [0.1, 0.15) is 17.6 Å². The maximum atomic E-state index is 13.4. The Morgan fingerprint density at radius 3 is 2.43 bits per heavy atom. The molecule has 1 saturated heterocycles. The second-order valence-electron chi connectivity index (χ2n) is 7.22. The van der Waals surface area contributed by atoms with E-state index in [0.29, 0.717) is 47.8 Å². The predicted octanol–water partition coefficient (Wildman–Crippen LogP) is 3.63. The zero-order chi connectivity index (χ0) is 21.3. The van der Waals surface area contributed by atoms with Crippen molar-refractivity contribution in [3.8, 4) is 0 Å². The molecule has 156 valence electrons. The molecular weight excluding hydrogens is 409 g/mol. The smallest absolute Gasteiger partial charge is 0.327 e. The minimum atomic E-state index is -0.555. The first kappa shape index (κ1) is 20.4. The molecule has 30 heavy (non-hydrogen) atoms. The number of hydrogen-bond donors (Lipinski definition) is 1. The highest BCUT2D eigenvalue weighted by atomic mass is 35.5. The van der Waals surface area contributed by atoms with E-state index in [4.69, 9.17) is 16.3 Å². The lowest BCUT2D eigenvalue weighted by Gasteiger charge is -2.38. The number of benzene rings is 2. The number of piperazine rings is 1. The Morgan fingerprint density at radius 2 is 1.77 bits per heavy atom. The monoisotopic (exact) mass is 429 g/mol. The summed E-state index contributed by atoms with van der Waals surface area (Å²) in [6.07, 6.45) is 0. The normalized spacial score (nSPS) is 15.9.